The van der Waals surface area contributed by atoms with Crippen LogP contribution < -0.4 is 0 Å². The molecule has 2 heterocycles. The van der Waals surface area contributed by atoms with Crippen LogP contribution in [0.4, 0.5) is 0 Å². The van der Waals surface area contributed by atoms with Crippen molar-refractivity contribution in [1.29, 1.82) is 0 Å². The lowest BCUT2D eigenvalue weighted by atomic mass is 9.96. The smallest absolute Gasteiger partial charge is 0.312 e. The van der Waals surface area contributed by atoms with Crippen LogP contribution in [0.25, 0.3) is 0 Å². The van der Waals surface area contributed by atoms with Gasteiger partial charge in [-0.15, -0.1) is 0 Å². The summed E-state index contributed by atoms with van der Waals surface area (Å²) >= 11 is 1.42. The number of rotatable bonds is 2. The van der Waals surface area contributed by atoms with Crippen LogP contribution in [-0.2, 0) is 19.1 Å². The lowest BCUT2D eigenvalue weighted by molar-refractivity contribution is -0.155. The molecule has 6 nitrogen and oxygen atoms in total. The lowest BCUT2D eigenvalue weighted by Crippen LogP contribution is -2.33. The highest BCUT2D eigenvalue weighted by atomic mass is 32.2. The molecule has 0 amide bonds. The number of fused-ring (bicyclic) bond motifs is 1. The standard InChI is InChI=1S/C9H12N2O4S/c1-14-8(12)5-3-11-7(16-4-10-11)6(5)9(13)15-2/h4-7H,3H2,1-2H3/t5-,6+,7-/m0/s1. The molecule has 2 aliphatic heterocycles. The van der Waals surface area contributed by atoms with E-state index in [-0.39, 0.29) is 17.3 Å². The van der Waals surface area contributed by atoms with E-state index in [9.17, 15) is 9.59 Å². The Morgan fingerprint density at radius 1 is 1.38 bits per heavy atom. The van der Waals surface area contributed by atoms with Crippen molar-refractivity contribution in [3.05, 3.63) is 0 Å². The minimum atomic E-state index is -0.509. The minimum Gasteiger partial charge on any atom is -0.469 e. The summed E-state index contributed by atoms with van der Waals surface area (Å²) in [6, 6.07) is 0. The van der Waals surface area contributed by atoms with Crippen LogP contribution in [0.5, 0.6) is 0 Å². The Kier molecular flexibility index (Phi) is 3.04. The zero-order valence-corrected chi connectivity index (χ0v) is 9.77. The largest absolute Gasteiger partial charge is 0.469 e. The Morgan fingerprint density at radius 3 is 2.69 bits per heavy atom. The number of hydrazone groups is 1. The molecule has 88 valence electrons. The summed E-state index contributed by atoms with van der Waals surface area (Å²) in [5.41, 5.74) is 1.67. The van der Waals surface area contributed by atoms with Gasteiger partial charge in [0.05, 0.1) is 32.2 Å². The highest BCUT2D eigenvalue weighted by molar-refractivity contribution is 8.12. The number of hydrogen-bond donors (Lipinski definition) is 0. The first kappa shape index (κ1) is 11.3. The van der Waals surface area contributed by atoms with Crippen molar-refractivity contribution in [2.45, 2.75) is 5.37 Å². The van der Waals surface area contributed by atoms with Crippen LogP contribution in [-0.4, -0.2) is 48.6 Å². The average molecular weight is 244 g/mol. The highest BCUT2D eigenvalue weighted by Gasteiger charge is 2.52. The van der Waals surface area contributed by atoms with Crippen molar-refractivity contribution < 1.29 is 19.1 Å². The van der Waals surface area contributed by atoms with Crippen LogP contribution >= 0.6 is 11.8 Å². The van der Waals surface area contributed by atoms with E-state index in [1.165, 1.54) is 26.0 Å². The molecule has 16 heavy (non-hydrogen) atoms. The molecule has 0 aromatic rings. The topological polar surface area (TPSA) is 68.2 Å². The van der Waals surface area contributed by atoms with Gasteiger partial charge in [-0.05, 0) is 0 Å². The van der Waals surface area contributed by atoms with Gasteiger partial charge in [-0.1, -0.05) is 11.8 Å². The summed E-state index contributed by atoms with van der Waals surface area (Å²) < 4.78 is 9.41. The van der Waals surface area contributed by atoms with E-state index in [0.717, 1.165) is 0 Å². The molecule has 0 aliphatic carbocycles. The van der Waals surface area contributed by atoms with Gasteiger partial charge in [0.1, 0.15) is 11.3 Å². The van der Waals surface area contributed by atoms with E-state index in [2.05, 4.69) is 9.84 Å². The predicted molar refractivity (Wildman–Crippen MR) is 57.6 cm³/mol. The summed E-state index contributed by atoms with van der Waals surface area (Å²) in [6.45, 7) is 0.403. The number of carbonyl (C=O) groups excluding carboxylic acids is 2. The number of esters is 2. The third-order valence-electron chi connectivity index (χ3n) is 2.79. The maximum Gasteiger partial charge on any atom is 0.312 e. The van der Waals surface area contributed by atoms with Gasteiger partial charge in [0.25, 0.3) is 0 Å². The monoisotopic (exact) mass is 244 g/mol. The third-order valence-corrected chi connectivity index (χ3v) is 3.82. The average Bonchev–Trinajstić information content (AvgIpc) is 2.86. The molecule has 0 spiro atoms. The van der Waals surface area contributed by atoms with Crippen LogP contribution in [0.2, 0.25) is 0 Å². The Balaban J connectivity index is 2.21. The second-order valence-electron chi connectivity index (χ2n) is 3.55. The summed E-state index contributed by atoms with van der Waals surface area (Å²) in [4.78, 5) is 23.2. The molecule has 0 aromatic heterocycles. The van der Waals surface area contributed by atoms with Crippen LogP contribution in [0, 0.1) is 11.8 Å². The summed E-state index contributed by atoms with van der Waals surface area (Å²) in [7, 11) is 2.64. The zero-order valence-electron chi connectivity index (χ0n) is 8.95. The van der Waals surface area contributed by atoms with Crippen molar-refractivity contribution in [2.75, 3.05) is 20.8 Å². The number of thioether (sulfide) groups is 1. The van der Waals surface area contributed by atoms with Crippen molar-refractivity contribution in [3.63, 3.8) is 0 Å². The number of methoxy groups -OCH3 is 2. The Labute approximate surface area is 96.9 Å². The summed E-state index contributed by atoms with van der Waals surface area (Å²) in [6.07, 6.45) is 0. The number of carbonyl (C=O) groups is 2. The molecular formula is C9H12N2O4S. The van der Waals surface area contributed by atoms with Crippen LogP contribution in [0.1, 0.15) is 0 Å². The molecule has 3 atom stereocenters. The fraction of sp³-hybridized carbons (Fsp3) is 0.667. The number of hydrogen-bond acceptors (Lipinski definition) is 7. The molecule has 1 saturated heterocycles. The second-order valence-corrected chi connectivity index (χ2v) is 4.51. The van der Waals surface area contributed by atoms with Gasteiger partial charge < -0.3 is 9.47 Å². The zero-order chi connectivity index (χ0) is 11.7. The first-order chi connectivity index (χ1) is 7.69. The first-order valence-electron chi connectivity index (χ1n) is 4.79. The molecule has 2 rings (SSSR count). The van der Waals surface area contributed by atoms with Crippen LogP contribution in [0.3, 0.4) is 0 Å². The van der Waals surface area contributed by atoms with Crippen LogP contribution in [0.15, 0.2) is 5.10 Å². The number of ether oxygens (including phenoxy) is 2. The fourth-order valence-electron chi connectivity index (χ4n) is 2.01. The molecular weight excluding hydrogens is 232 g/mol. The van der Waals surface area contributed by atoms with Gasteiger partial charge in [-0.2, -0.15) is 5.10 Å². The fourth-order valence-corrected chi connectivity index (χ4v) is 3.06. The third kappa shape index (κ3) is 1.64. The van der Waals surface area contributed by atoms with Gasteiger partial charge in [-0.3, -0.25) is 14.6 Å². The molecule has 0 saturated carbocycles. The van der Waals surface area contributed by atoms with Gasteiger partial charge in [0.15, 0.2) is 0 Å². The molecule has 0 unspecified atom stereocenters. The molecule has 0 bridgehead atoms. The molecule has 2 aliphatic rings. The normalized spacial score (nSPS) is 31.4. The number of nitrogens with zero attached hydrogens (tertiary/aromatic N) is 2. The highest BCUT2D eigenvalue weighted by Crippen LogP contribution is 2.40. The summed E-state index contributed by atoms with van der Waals surface area (Å²) in [5.74, 6) is -1.78. The molecule has 7 heteroatoms. The maximum absolute atomic E-state index is 11.7. The van der Waals surface area contributed by atoms with E-state index in [0.29, 0.717) is 6.54 Å². The maximum atomic E-state index is 11.7. The van der Waals surface area contributed by atoms with E-state index in [1.54, 1.807) is 10.6 Å². The predicted octanol–water partition coefficient (Wildman–Crippen LogP) is -0.103. The van der Waals surface area contributed by atoms with E-state index < -0.39 is 11.8 Å². The van der Waals surface area contributed by atoms with E-state index in [4.69, 9.17) is 4.74 Å². The van der Waals surface area contributed by atoms with E-state index in [1.807, 2.05) is 0 Å². The molecule has 0 aromatic carbocycles. The minimum absolute atomic E-state index is 0.142. The van der Waals surface area contributed by atoms with Crippen molar-refractivity contribution >= 4 is 29.2 Å². The quantitative estimate of drug-likeness (QED) is 0.632. The van der Waals surface area contributed by atoms with Crippen molar-refractivity contribution in [3.8, 4) is 0 Å². The SMILES string of the molecule is COC(=O)[C@@H]1[C@@H](C(=O)OC)CN2N=CS[C@@H]12. The van der Waals surface area contributed by atoms with E-state index >= 15 is 0 Å². The second kappa shape index (κ2) is 4.32. The van der Waals surface area contributed by atoms with Gasteiger partial charge in [0.2, 0.25) is 0 Å². The molecule has 0 N–H and O–H groups in total. The van der Waals surface area contributed by atoms with Gasteiger partial charge >= 0.3 is 11.9 Å². The molecule has 1 fully saturated rings. The Morgan fingerprint density at radius 2 is 2.06 bits per heavy atom. The lowest BCUT2D eigenvalue weighted by Gasteiger charge is -2.17. The van der Waals surface area contributed by atoms with Gasteiger partial charge in [0, 0.05) is 0 Å². The Hall–Kier alpha value is -1.24. The van der Waals surface area contributed by atoms with Gasteiger partial charge in [-0.25, -0.2) is 0 Å². The summed E-state index contributed by atoms with van der Waals surface area (Å²) in [5, 5.41) is 5.68. The van der Waals surface area contributed by atoms with Crippen molar-refractivity contribution in [2.24, 2.45) is 16.9 Å². The Bertz CT molecular complexity index is 346. The molecule has 0 radical (unpaired) electrons. The van der Waals surface area contributed by atoms with Crippen molar-refractivity contribution in [1.82, 2.24) is 5.01 Å². The first-order valence-corrected chi connectivity index (χ1v) is 5.73.